The highest BCUT2D eigenvalue weighted by atomic mass is 32.2. The summed E-state index contributed by atoms with van der Waals surface area (Å²) in [6.07, 6.45) is 4.79. The van der Waals surface area contributed by atoms with Gasteiger partial charge in [0.1, 0.15) is 0 Å². The fourth-order valence-corrected chi connectivity index (χ4v) is 8.17. The molecule has 7 nitrogen and oxygen atoms in total. The van der Waals surface area contributed by atoms with Gasteiger partial charge in [-0.25, -0.2) is 18.1 Å². The number of aromatic nitrogens is 1. The minimum absolute atomic E-state index is 0.104. The summed E-state index contributed by atoms with van der Waals surface area (Å²) in [6, 6.07) is 5.66. The van der Waals surface area contributed by atoms with Crippen molar-refractivity contribution < 1.29 is 17.9 Å². The normalized spacial score (nSPS) is 21.2. The zero-order chi connectivity index (χ0) is 27.9. The molecule has 210 valence electrons. The Kier molecular flexibility index (Phi) is 8.44. The number of carbonyl (C=O) groups is 1. The van der Waals surface area contributed by atoms with Gasteiger partial charge in [-0.3, -0.25) is 4.79 Å². The summed E-state index contributed by atoms with van der Waals surface area (Å²) in [7, 11) is -3.72. The summed E-state index contributed by atoms with van der Waals surface area (Å²) in [5.41, 5.74) is 1.60. The van der Waals surface area contributed by atoms with Crippen LogP contribution in [-0.4, -0.2) is 44.1 Å². The lowest BCUT2D eigenvalue weighted by Crippen LogP contribution is -2.41. The molecule has 2 aliphatic rings. The Morgan fingerprint density at radius 2 is 1.76 bits per heavy atom. The molecule has 2 fully saturated rings. The lowest BCUT2D eigenvalue weighted by Gasteiger charge is -2.32. The number of amides is 1. The first-order valence-corrected chi connectivity index (χ1v) is 16.0. The maximum absolute atomic E-state index is 13.4. The van der Waals surface area contributed by atoms with Crippen molar-refractivity contribution in [3.05, 3.63) is 34.5 Å². The molecule has 1 saturated carbocycles. The number of nitrogens with one attached hydrogen (secondary N) is 2. The van der Waals surface area contributed by atoms with E-state index in [1.807, 2.05) is 53.7 Å². The first-order valence-electron chi connectivity index (χ1n) is 13.7. The van der Waals surface area contributed by atoms with Crippen molar-refractivity contribution >= 4 is 27.3 Å². The van der Waals surface area contributed by atoms with Gasteiger partial charge in [-0.05, 0) is 93.4 Å². The van der Waals surface area contributed by atoms with Crippen molar-refractivity contribution in [2.24, 2.45) is 11.8 Å². The Balaban J connectivity index is 1.73. The molecule has 38 heavy (non-hydrogen) atoms. The van der Waals surface area contributed by atoms with Crippen LogP contribution in [0.2, 0.25) is 0 Å². The second kappa shape index (κ2) is 11.0. The molecule has 1 aliphatic heterocycles. The Bertz CT molecular complexity index is 1260. The van der Waals surface area contributed by atoms with Crippen LogP contribution in [0.5, 0.6) is 0 Å². The predicted molar refractivity (Wildman–Crippen MR) is 153 cm³/mol. The lowest BCUT2D eigenvalue weighted by atomic mass is 9.74. The molecule has 2 aromatic rings. The summed E-state index contributed by atoms with van der Waals surface area (Å²) < 4.78 is 34.9. The number of rotatable bonds is 7. The highest BCUT2D eigenvalue weighted by molar-refractivity contribution is 7.89. The third kappa shape index (κ3) is 7.03. The van der Waals surface area contributed by atoms with Gasteiger partial charge in [0.15, 0.2) is 5.01 Å². The van der Waals surface area contributed by atoms with Crippen molar-refractivity contribution in [1.82, 2.24) is 15.0 Å². The van der Waals surface area contributed by atoms with Crippen molar-refractivity contribution in [2.45, 2.75) is 102 Å². The summed E-state index contributed by atoms with van der Waals surface area (Å²) in [6.45, 7) is 15.2. The van der Waals surface area contributed by atoms with E-state index in [2.05, 4.69) is 17.0 Å². The van der Waals surface area contributed by atoms with Crippen LogP contribution in [0.15, 0.2) is 23.1 Å². The van der Waals surface area contributed by atoms with Gasteiger partial charge in [0, 0.05) is 24.8 Å². The molecule has 0 unspecified atom stereocenters. The van der Waals surface area contributed by atoms with Crippen LogP contribution in [-0.2, 0) is 26.6 Å². The van der Waals surface area contributed by atoms with E-state index in [9.17, 15) is 13.2 Å². The zero-order valence-corrected chi connectivity index (χ0v) is 25.4. The average Bonchev–Trinajstić information content (AvgIpc) is 3.20. The molecule has 4 rings (SSSR count). The standard InChI is InChI=1S/C29H43N3O4S2/c1-18-14-19(15-18)16-23-25(37-27(31-23)26(33)30-21-10-12-36-13-11-21)20-8-9-24(22(17-20)28(2,3)4)38(34,35)32-29(5,6)7/h8-9,17-19,21,32H,10-16H2,1-7H3,(H,30,33). The molecule has 2 heterocycles. The van der Waals surface area contributed by atoms with Crippen LogP contribution in [0.25, 0.3) is 10.4 Å². The zero-order valence-electron chi connectivity index (χ0n) is 23.8. The van der Waals surface area contributed by atoms with Crippen molar-refractivity contribution in [3.63, 3.8) is 0 Å². The fraction of sp³-hybridized carbons (Fsp3) is 0.655. The molecule has 1 aromatic heterocycles. The highest BCUT2D eigenvalue weighted by Gasteiger charge is 2.32. The molecule has 1 amide bonds. The van der Waals surface area contributed by atoms with E-state index in [0.717, 1.165) is 46.9 Å². The number of carbonyl (C=O) groups excluding carboxylic acids is 1. The number of nitrogens with zero attached hydrogens (tertiary/aromatic N) is 1. The van der Waals surface area contributed by atoms with E-state index in [1.54, 1.807) is 6.07 Å². The molecule has 2 N–H and O–H groups in total. The van der Waals surface area contributed by atoms with Gasteiger partial charge in [-0.1, -0.05) is 33.8 Å². The number of hydrogen-bond acceptors (Lipinski definition) is 6. The number of sulfonamides is 1. The van der Waals surface area contributed by atoms with Gasteiger partial charge in [0.05, 0.1) is 15.5 Å². The summed E-state index contributed by atoms with van der Waals surface area (Å²) in [5.74, 6) is 1.15. The highest BCUT2D eigenvalue weighted by Crippen LogP contribution is 2.41. The van der Waals surface area contributed by atoms with E-state index in [-0.39, 0.29) is 11.9 Å². The topological polar surface area (TPSA) is 97.4 Å². The largest absolute Gasteiger partial charge is 0.381 e. The fourth-order valence-electron chi connectivity index (χ4n) is 5.36. The van der Waals surface area contributed by atoms with Crippen LogP contribution < -0.4 is 10.0 Å². The number of benzene rings is 1. The number of hydrogen-bond donors (Lipinski definition) is 2. The average molecular weight is 562 g/mol. The van der Waals surface area contributed by atoms with Crippen LogP contribution >= 0.6 is 11.3 Å². The Labute approximate surface area is 232 Å². The Morgan fingerprint density at radius 1 is 1.11 bits per heavy atom. The van der Waals surface area contributed by atoms with Crippen molar-refractivity contribution in [2.75, 3.05) is 13.2 Å². The molecule has 1 aliphatic carbocycles. The third-order valence-corrected chi connectivity index (χ3v) is 10.1. The van der Waals surface area contributed by atoms with Gasteiger partial charge in [0.25, 0.3) is 5.91 Å². The van der Waals surface area contributed by atoms with Crippen LogP contribution in [0, 0.1) is 11.8 Å². The Morgan fingerprint density at radius 3 is 2.34 bits per heavy atom. The first kappa shape index (κ1) is 29.2. The van der Waals surface area contributed by atoms with E-state index in [4.69, 9.17) is 9.72 Å². The molecule has 0 atom stereocenters. The van der Waals surface area contributed by atoms with Gasteiger partial charge in [-0.15, -0.1) is 11.3 Å². The van der Waals surface area contributed by atoms with E-state index in [1.165, 1.54) is 24.2 Å². The minimum atomic E-state index is -3.72. The first-order chi connectivity index (χ1) is 17.6. The van der Waals surface area contributed by atoms with Crippen LogP contribution in [0.3, 0.4) is 0 Å². The van der Waals surface area contributed by atoms with Crippen molar-refractivity contribution in [1.29, 1.82) is 0 Å². The quantitative estimate of drug-likeness (QED) is 0.453. The molecule has 0 spiro atoms. The van der Waals surface area contributed by atoms with Gasteiger partial charge < -0.3 is 10.1 Å². The molecule has 1 saturated heterocycles. The lowest BCUT2D eigenvalue weighted by molar-refractivity contribution is 0.0696. The van der Waals surface area contributed by atoms with E-state index in [0.29, 0.717) is 29.0 Å². The maximum Gasteiger partial charge on any atom is 0.280 e. The van der Waals surface area contributed by atoms with Crippen LogP contribution in [0.4, 0.5) is 0 Å². The van der Waals surface area contributed by atoms with Gasteiger partial charge in [-0.2, -0.15) is 0 Å². The molecule has 1 aromatic carbocycles. The summed E-state index contributed by atoms with van der Waals surface area (Å²) >= 11 is 1.41. The predicted octanol–water partition coefficient (Wildman–Crippen LogP) is 5.68. The monoisotopic (exact) mass is 561 g/mol. The molecular formula is C29H43N3O4S2. The molecular weight excluding hydrogens is 518 g/mol. The molecule has 9 heteroatoms. The smallest absolute Gasteiger partial charge is 0.280 e. The van der Waals surface area contributed by atoms with Crippen LogP contribution in [0.1, 0.15) is 95.2 Å². The summed E-state index contributed by atoms with van der Waals surface area (Å²) in [4.78, 5) is 19.3. The SMILES string of the molecule is CC1CC(Cc2nc(C(=O)NC3CCOCC3)sc2-c2ccc(S(=O)(=O)NC(C)(C)C)c(C(C)(C)C)c2)C1. The maximum atomic E-state index is 13.4. The van der Waals surface area contributed by atoms with Crippen molar-refractivity contribution in [3.8, 4) is 10.4 Å². The van der Waals surface area contributed by atoms with E-state index >= 15 is 0 Å². The van der Waals surface area contributed by atoms with Gasteiger partial charge in [0.2, 0.25) is 10.0 Å². The summed E-state index contributed by atoms with van der Waals surface area (Å²) in [5, 5.41) is 3.61. The second-order valence-electron chi connectivity index (χ2n) is 13.1. The minimum Gasteiger partial charge on any atom is -0.381 e. The molecule has 0 bridgehead atoms. The van der Waals surface area contributed by atoms with E-state index < -0.39 is 21.0 Å². The number of thiazole rings is 1. The second-order valence-corrected chi connectivity index (χ2v) is 15.8. The Hall–Kier alpha value is -1.81. The van der Waals surface area contributed by atoms with Gasteiger partial charge >= 0.3 is 0 Å². The number of ether oxygens (including phenoxy) is 1. The third-order valence-electron chi connectivity index (χ3n) is 7.18. The molecule has 0 radical (unpaired) electrons.